The predicted octanol–water partition coefficient (Wildman–Crippen LogP) is 4.97. The molecule has 0 bridgehead atoms. The predicted molar refractivity (Wildman–Crippen MR) is 97.6 cm³/mol. The molecule has 0 fully saturated rings. The number of aryl methyl sites for hydroxylation is 1. The number of methoxy groups -OCH3 is 1. The van der Waals surface area contributed by atoms with Crippen LogP contribution in [0.1, 0.15) is 22.3 Å². The zero-order chi connectivity index (χ0) is 17.5. The summed E-state index contributed by atoms with van der Waals surface area (Å²) in [5.41, 5.74) is 2.29. The smallest absolute Gasteiger partial charge is 0.339 e. The molecule has 2 aromatic rings. The summed E-state index contributed by atoms with van der Waals surface area (Å²) in [5, 5.41) is 4.38. The topological polar surface area (TPSA) is 47.6 Å². The molecule has 0 radical (unpaired) electrons. The van der Waals surface area contributed by atoms with Crippen LogP contribution in [0.2, 0.25) is 10.0 Å². The van der Waals surface area contributed by atoms with Crippen LogP contribution in [0.5, 0.6) is 5.75 Å². The van der Waals surface area contributed by atoms with E-state index < -0.39 is 0 Å². The van der Waals surface area contributed by atoms with Crippen molar-refractivity contribution in [1.82, 2.24) is 0 Å². The Balaban J connectivity index is 1.89. The quantitative estimate of drug-likeness (QED) is 0.554. The summed E-state index contributed by atoms with van der Waals surface area (Å²) in [7, 11) is 1.37. The highest BCUT2D eigenvalue weighted by atomic mass is 35.5. The highest BCUT2D eigenvalue weighted by molar-refractivity contribution is 6.34. The molecule has 0 aliphatic heterocycles. The number of anilines is 1. The van der Waals surface area contributed by atoms with Crippen molar-refractivity contribution in [2.45, 2.75) is 13.3 Å². The molecule has 128 valence electrons. The van der Waals surface area contributed by atoms with Crippen LogP contribution in [0, 0.1) is 6.92 Å². The van der Waals surface area contributed by atoms with Gasteiger partial charge in [0.1, 0.15) is 5.75 Å². The van der Waals surface area contributed by atoms with Crippen LogP contribution in [-0.2, 0) is 4.74 Å². The number of ether oxygens (including phenoxy) is 2. The molecule has 0 saturated carbocycles. The highest BCUT2D eigenvalue weighted by Crippen LogP contribution is 2.27. The van der Waals surface area contributed by atoms with Crippen molar-refractivity contribution in [3.63, 3.8) is 0 Å². The fraction of sp³-hybridized carbons (Fsp3) is 0.278. The van der Waals surface area contributed by atoms with E-state index in [1.54, 1.807) is 24.3 Å². The van der Waals surface area contributed by atoms with Gasteiger partial charge in [0, 0.05) is 17.6 Å². The van der Waals surface area contributed by atoms with E-state index >= 15 is 0 Å². The van der Waals surface area contributed by atoms with E-state index in [1.807, 2.05) is 19.1 Å². The Kier molecular flexibility index (Phi) is 6.76. The second-order valence-corrected chi connectivity index (χ2v) is 6.04. The molecule has 0 spiro atoms. The third kappa shape index (κ3) is 4.79. The van der Waals surface area contributed by atoms with E-state index in [0.717, 1.165) is 17.7 Å². The molecule has 24 heavy (non-hydrogen) atoms. The molecule has 6 heteroatoms. The van der Waals surface area contributed by atoms with Crippen LogP contribution >= 0.6 is 23.2 Å². The minimum Gasteiger partial charge on any atom is -0.492 e. The number of esters is 1. The number of nitrogens with one attached hydrogen (secondary N) is 1. The monoisotopic (exact) mass is 367 g/mol. The first kappa shape index (κ1) is 18.4. The largest absolute Gasteiger partial charge is 0.492 e. The molecule has 0 amide bonds. The van der Waals surface area contributed by atoms with Crippen molar-refractivity contribution in [1.29, 1.82) is 0 Å². The summed E-state index contributed by atoms with van der Waals surface area (Å²) in [6.07, 6.45) is 0.734. The van der Waals surface area contributed by atoms with Crippen molar-refractivity contribution >= 4 is 34.9 Å². The number of benzene rings is 2. The van der Waals surface area contributed by atoms with E-state index in [9.17, 15) is 4.79 Å². The maximum atomic E-state index is 11.8. The SMILES string of the molecule is COC(=O)c1cccc(C)c1NCCCOc1cc(Cl)ccc1Cl. The Hall–Kier alpha value is -1.91. The Morgan fingerprint density at radius 3 is 2.75 bits per heavy atom. The first-order valence-corrected chi connectivity index (χ1v) is 8.28. The fourth-order valence-electron chi connectivity index (χ4n) is 2.24. The molecule has 0 unspecified atom stereocenters. The maximum absolute atomic E-state index is 11.8. The van der Waals surface area contributed by atoms with Crippen molar-refractivity contribution in [2.24, 2.45) is 0 Å². The lowest BCUT2D eigenvalue weighted by molar-refractivity contribution is 0.0601. The van der Waals surface area contributed by atoms with Crippen LogP contribution in [0.3, 0.4) is 0 Å². The summed E-state index contributed by atoms with van der Waals surface area (Å²) in [6, 6.07) is 10.6. The number of hydrogen-bond acceptors (Lipinski definition) is 4. The van der Waals surface area contributed by atoms with Crippen LogP contribution in [-0.4, -0.2) is 26.2 Å². The van der Waals surface area contributed by atoms with Crippen LogP contribution < -0.4 is 10.1 Å². The average molecular weight is 368 g/mol. The van der Waals surface area contributed by atoms with Gasteiger partial charge in [0.15, 0.2) is 0 Å². The molecule has 0 aliphatic rings. The molecular weight excluding hydrogens is 349 g/mol. The van der Waals surface area contributed by atoms with Gasteiger partial charge in [0.25, 0.3) is 0 Å². The second kappa shape index (κ2) is 8.81. The summed E-state index contributed by atoms with van der Waals surface area (Å²) in [6.45, 7) is 3.07. The van der Waals surface area contributed by atoms with Gasteiger partial charge in [-0.3, -0.25) is 0 Å². The minimum atomic E-state index is -0.358. The Morgan fingerprint density at radius 2 is 2.00 bits per heavy atom. The van der Waals surface area contributed by atoms with Crippen molar-refractivity contribution in [3.8, 4) is 5.75 Å². The fourth-order valence-corrected chi connectivity index (χ4v) is 2.57. The van der Waals surface area contributed by atoms with Gasteiger partial charge >= 0.3 is 5.97 Å². The minimum absolute atomic E-state index is 0.358. The summed E-state index contributed by atoms with van der Waals surface area (Å²) >= 11 is 12.0. The Labute approximate surface area is 151 Å². The first-order valence-electron chi connectivity index (χ1n) is 7.52. The van der Waals surface area contributed by atoms with Crippen molar-refractivity contribution in [3.05, 3.63) is 57.6 Å². The molecule has 0 aromatic heterocycles. The van der Waals surface area contributed by atoms with Gasteiger partial charge in [-0.2, -0.15) is 0 Å². The number of halogens is 2. The lowest BCUT2D eigenvalue weighted by Crippen LogP contribution is -2.12. The molecular formula is C18H19Cl2NO3. The third-order valence-corrected chi connectivity index (χ3v) is 4.00. The molecule has 2 aromatic carbocycles. The second-order valence-electron chi connectivity index (χ2n) is 5.19. The molecule has 0 heterocycles. The number of rotatable bonds is 7. The third-order valence-electron chi connectivity index (χ3n) is 3.45. The number of para-hydroxylation sites is 1. The Bertz CT molecular complexity index is 719. The van der Waals surface area contributed by atoms with E-state index in [2.05, 4.69) is 5.32 Å². The molecule has 4 nitrogen and oxygen atoms in total. The normalized spacial score (nSPS) is 10.3. The molecule has 0 atom stereocenters. The van der Waals surface area contributed by atoms with Gasteiger partial charge in [0.2, 0.25) is 0 Å². The van der Waals surface area contributed by atoms with E-state index in [0.29, 0.717) is 34.5 Å². The number of hydrogen-bond donors (Lipinski definition) is 1. The molecule has 2 rings (SSSR count). The molecule has 0 saturated heterocycles. The lowest BCUT2D eigenvalue weighted by Gasteiger charge is -2.14. The Morgan fingerprint density at radius 1 is 1.21 bits per heavy atom. The number of carbonyl (C=O) groups is 1. The van der Waals surface area contributed by atoms with E-state index in [1.165, 1.54) is 7.11 Å². The zero-order valence-corrected chi connectivity index (χ0v) is 15.1. The van der Waals surface area contributed by atoms with Gasteiger partial charge in [-0.1, -0.05) is 35.3 Å². The lowest BCUT2D eigenvalue weighted by atomic mass is 10.1. The average Bonchev–Trinajstić information content (AvgIpc) is 2.58. The molecule has 0 aliphatic carbocycles. The highest BCUT2D eigenvalue weighted by Gasteiger charge is 2.13. The zero-order valence-electron chi connectivity index (χ0n) is 13.6. The first-order chi connectivity index (χ1) is 11.5. The van der Waals surface area contributed by atoms with Gasteiger partial charge in [0.05, 0.1) is 30.0 Å². The summed E-state index contributed by atoms with van der Waals surface area (Å²) in [4.78, 5) is 11.8. The number of carbonyl (C=O) groups excluding carboxylic acids is 1. The van der Waals surface area contributed by atoms with E-state index in [4.69, 9.17) is 32.7 Å². The standard InChI is InChI=1S/C18H19Cl2NO3/c1-12-5-3-6-14(18(22)23-2)17(12)21-9-4-10-24-16-11-13(19)7-8-15(16)20/h3,5-8,11,21H,4,9-10H2,1-2H3. The maximum Gasteiger partial charge on any atom is 0.339 e. The van der Waals surface area contributed by atoms with Crippen LogP contribution in [0.15, 0.2) is 36.4 Å². The summed E-state index contributed by atoms with van der Waals surface area (Å²) < 4.78 is 10.4. The van der Waals surface area contributed by atoms with Gasteiger partial charge < -0.3 is 14.8 Å². The van der Waals surface area contributed by atoms with Gasteiger partial charge in [-0.25, -0.2) is 4.79 Å². The van der Waals surface area contributed by atoms with Crippen molar-refractivity contribution < 1.29 is 14.3 Å². The van der Waals surface area contributed by atoms with Crippen molar-refractivity contribution in [2.75, 3.05) is 25.6 Å². The summed E-state index contributed by atoms with van der Waals surface area (Å²) in [5.74, 6) is 0.207. The van der Waals surface area contributed by atoms with Gasteiger partial charge in [-0.05, 0) is 37.1 Å². The van der Waals surface area contributed by atoms with Crippen LogP contribution in [0.25, 0.3) is 0 Å². The van der Waals surface area contributed by atoms with Crippen LogP contribution in [0.4, 0.5) is 5.69 Å². The molecule has 1 N–H and O–H groups in total. The van der Waals surface area contributed by atoms with E-state index in [-0.39, 0.29) is 5.97 Å². The van der Waals surface area contributed by atoms with Gasteiger partial charge in [-0.15, -0.1) is 0 Å².